The maximum atomic E-state index is 14.8. The number of aromatic nitrogens is 2. The first-order valence-electron chi connectivity index (χ1n) is 17.0. The zero-order chi connectivity index (χ0) is 34.5. The molecule has 1 aliphatic carbocycles. The highest BCUT2D eigenvalue weighted by Crippen LogP contribution is 2.42. The highest BCUT2D eigenvalue weighted by atomic mass is 79.9. The molecule has 9 rings (SSSR count). The normalized spacial score (nSPS) is 15.2. The van der Waals surface area contributed by atoms with Crippen LogP contribution in [0.1, 0.15) is 34.7 Å². The van der Waals surface area contributed by atoms with Crippen LogP contribution in [-0.2, 0) is 6.42 Å². The minimum atomic E-state index is -0.289. The molecule has 0 unspecified atom stereocenters. The van der Waals surface area contributed by atoms with Crippen molar-refractivity contribution in [1.29, 1.82) is 0 Å². The van der Waals surface area contributed by atoms with Crippen LogP contribution in [0.2, 0.25) is 0 Å². The van der Waals surface area contributed by atoms with E-state index in [2.05, 4.69) is 142 Å². The third-order valence-corrected chi connectivity index (χ3v) is 11.3. The molecule has 2 aliphatic rings. The van der Waals surface area contributed by atoms with Crippen LogP contribution in [0.3, 0.4) is 0 Å². The van der Waals surface area contributed by atoms with Crippen molar-refractivity contribution in [2.75, 3.05) is 7.11 Å². The molecule has 5 aromatic carbocycles. The van der Waals surface area contributed by atoms with Gasteiger partial charge in [0.1, 0.15) is 5.75 Å². The Hall–Kier alpha value is -5.50. The molecule has 3 heterocycles. The molecule has 0 bridgehead atoms. The van der Waals surface area contributed by atoms with Crippen LogP contribution in [0.15, 0.2) is 159 Å². The molecule has 0 radical (unpaired) electrons. The van der Waals surface area contributed by atoms with Crippen LogP contribution < -0.4 is 19.6 Å². The molecule has 0 spiro atoms. The van der Waals surface area contributed by atoms with E-state index >= 15 is 0 Å². The average Bonchev–Trinajstić information content (AvgIpc) is 3.71. The Morgan fingerprint density at radius 2 is 1.53 bits per heavy atom. The molecule has 7 heteroatoms. The molecule has 0 saturated heterocycles. The van der Waals surface area contributed by atoms with Gasteiger partial charge in [0.25, 0.3) is 5.56 Å². The molecule has 1 aliphatic heterocycles. The standard InChI is InChI=1S/C44H32BrN3O2S/c1-50-35-17-10-16-31(25-35)42-37-24-19-28-11-8-9-18-36(28)40(37)46-44-48(42)43(49)39(51-44)27-32-26-38(29-12-4-2-5-13-29)47(34-22-20-33(45)21-23-34)41(32)30-14-6-3-7-15-30/h2-18,20-23,25-27,42H,19,24H2,1H3/b39-27+/t42-/m1/s1. The van der Waals surface area contributed by atoms with Crippen LogP contribution >= 0.6 is 27.3 Å². The van der Waals surface area contributed by atoms with Gasteiger partial charge in [-0.25, -0.2) is 4.99 Å². The van der Waals surface area contributed by atoms with Crippen molar-refractivity contribution >= 4 is 39.0 Å². The van der Waals surface area contributed by atoms with Crippen molar-refractivity contribution in [2.24, 2.45) is 4.99 Å². The Morgan fingerprint density at radius 1 is 0.804 bits per heavy atom. The van der Waals surface area contributed by atoms with E-state index in [9.17, 15) is 4.79 Å². The van der Waals surface area contributed by atoms with Crippen molar-refractivity contribution in [3.63, 3.8) is 0 Å². The Balaban J connectivity index is 1.32. The lowest BCUT2D eigenvalue weighted by Crippen LogP contribution is -2.38. The number of aryl methyl sites for hydroxylation is 1. The predicted molar refractivity (Wildman–Crippen MR) is 210 cm³/mol. The van der Waals surface area contributed by atoms with Crippen molar-refractivity contribution in [3.05, 3.63) is 192 Å². The molecule has 248 valence electrons. The summed E-state index contributed by atoms with van der Waals surface area (Å²) in [7, 11) is 1.68. The highest BCUT2D eigenvalue weighted by Gasteiger charge is 2.33. The number of allylic oxidation sites excluding steroid dienone is 1. The molecule has 1 atom stereocenters. The summed E-state index contributed by atoms with van der Waals surface area (Å²) in [5, 5.41) is 0. The first-order valence-corrected chi connectivity index (χ1v) is 18.6. The second kappa shape index (κ2) is 13.0. The number of methoxy groups -OCH3 is 1. The fraction of sp³-hybridized carbons (Fsp3) is 0.0909. The summed E-state index contributed by atoms with van der Waals surface area (Å²) in [5.41, 5.74) is 11.7. The fourth-order valence-electron chi connectivity index (χ4n) is 7.49. The molecule has 2 aromatic heterocycles. The van der Waals surface area contributed by atoms with Crippen molar-refractivity contribution < 1.29 is 4.74 Å². The maximum absolute atomic E-state index is 14.8. The molecular weight excluding hydrogens is 714 g/mol. The SMILES string of the molecule is COc1cccc([C@@H]2C3=C(N=c4s/c(=C/c5cc(-c6ccccc6)n(-c6ccc(Br)cc6)c5-c5ccccc5)c(=O)n42)c2ccccc2CC3)c1. The number of nitrogens with zero attached hydrogens (tertiary/aromatic N) is 3. The fourth-order valence-corrected chi connectivity index (χ4v) is 8.74. The molecule has 5 nitrogen and oxygen atoms in total. The van der Waals surface area contributed by atoms with Gasteiger partial charge in [-0.2, -0.15) is 0 Å². The van der Waals surface area contributed by atoms with Gasteiger partial charge in [0.05, 0.1) is 34.8 Å². The van der Waals surface area contributed by atoms with Gasteiger partial charge in [0.2, 0.25) is 0 Å². The molecule has 0 fully saturated rings. The van der Waals surface area contributed by atoms with E-state index in [0.717, 1.165) is 73.7 Å². The molecular formula is C44H32BrN3O2S. The second-order valence-electron chi connectivity index (χ2n) is 12.8. The Morgan fingerprint density at radius 3 is 2.29 bits per heavy atom. The number of fused-ring (bicyclic) bond motifs is 3. The van der Waals surface area contributed by atoms with Crippen molar-refractivity contribution in [2.45, 2.75) is 18.9 Å². The van der Waals surface area contributed by atoms with Crippen LogP contribution in [0.5, 0.6) is 5.75 Å². The number of hydrogen-bond donors (Lipinski definition) is 0. The van der Waals surface area contributed by atoms with Gasteiger partial charge < -0.3 is 9.30 Å². The summed E-state index contributed by atoms with van der Waals surface area (Å²) in [5.74, 6) is 0.764. The van der Waals surface area contributed by atoms with Gasteiger partial charge in [-0.15, -0.1) is 0 Å². The number of benzene rings is 5. The largest absolute Gasteiger partial charge is 0.497 e. The summed E-state index contributed by atoms with van der Waals surface area (Å²) < 4.78 is 11.5. The third-order valence-electron chi connectivity index (χ3n) is 9.80. The van der Waals surface area contributed by atoms with E-state index in [4.69, 9.17) is 9.73 Å². The summed E-state index contributed by atoms with van der Waals surface area (Å²) in [6.07, 6.45) is 3.80. The lowest BCUT2D eigenvalue weighted by molar-refractivity contribution is 0.413. The van der Waals surface area contributed by atoms with E-state index in [1.54, 1.807) is 7.11 Å². The monoisotopic (exact) mass is 745 g/mol. The van der Waals surface area contributed by atoms with Crippen LogP contribution in [0, 0.1) is 0 Å². The van der Waals surface area contributed by atoms with Gasteiger partial charge in [-0.05, 0) is 89.2 Å². The number of thiazole rings is 1. The molecule has 51 heavy (non-hydrogen) atoms. The first kappa shape index (κ1) is 31.5. The minimum absolute atomic E-state index is 0.0476. The second-order valence-corrected chi connectivity index (χ2v) is 14.7. The molecule has 0 saturated carbocycles. The van der Waals surface area contributed by atoms with Gasteiger partial charge in [0, 0.05) is 21.3 Å². The predicted octanol–water partition coefficient (Wildman–Crippen LogP) is 9.21. The van der Waals surface area contributed by atoms with E-state index in [-0.39, 0.29) is 11.6 Å². The summed E-state index contributed by atoms with van der Waals surface area (Å²) in [4.78, 5) is 20.8. The maximum Gasteiger partial charge on any atom is 0.271 e. The Kier molecular flexibility index (Phi) is 8.02. The number of halogens is 1. The topological polar surface area (TPSA) is 48.5 Å². The van der Waals surface area contributed by atoms with Crippen molar-refractivity contribution in [3.8, 4) is 34.0 Å². The van der Waals surface area contributed by atoms with E-state index in [0.29, 0.717) is 9.33 Å². The van der Waals surface area contributed by atoms with E-state index in [1.807, 2.05) is 28.8 Å². The van der Waals surface area contributed by atoms with Gasteiger partial charge in [0.15, 0.2) is 4.80 Å². The number of ether oxygens (including phenoxy) is 1. The Labute approximate surface area is 307 Å². The minimum Gasteiger partial charge on any atom is -0.497 e. The zero-order valence-electron chi connectivity index (χ0n) is 27.8. The Bertz CT molecular complexity index is 2650. The average molecular weight is 747 g/mol. The highest BCUT2D eigenvalue weighted by molar-refractivity contribution is 9.10. The summed E-state index contributed by atoms with van der Waals surface area (Å²) >= 11 is 5.08. The molecule has 7 aromatic rings. The summed E-state index contributed by atoms with van der Waals surface area (Å²) in [6, 6.07) is 47.7. The smallest absolute Gasteiger partial charge is 0.271 e. The molecule has 0 amide bonds. The number of rotatable bonds is 6. The molecule has 0 N–H and O–H groups in total. The van der Waals surface area contributed by atoms with Gasteiger partial charge in [-0.1, -0.05) is 124 Å². The summed E-state index contributed by atoms with van der Waals surface area (Å²) in [6.45, 7) is 0. The van der Waals surface area contributed by atoms with Gasteiger partial charge >= 0.3 is 0 Å². The number of hydrogen-bond acceptors (Lipinski definition) is 4. The lowest BCUT2D eigenvalue weighted by Gasteiger charge is -2.31. The third kappa shape index (κ3) is 5.54. The van der Waals surface area contributed by atoms with Gasteiger partial charge in [-0.3, -0.25) is 9.36 Å². The van der Waals surface area contributed by atoms with E-state index < -0.39 is 0 Å². The van der Waals surface area contributed by atoms with Crippen molar-refractivity contribution in [1.82, 2.24) is 9.13 Å². The van der Waals surface area contributed by atoms with Crippen LogP contribution in [-0.4, -0.2) is 16.2 Å². The zero-order valence-corrected chi connectivity index (χ0v) is 30.2. The van der Waals surface area contributed by atoms with Crippen LogP contribution in [0.25, 0.3) is 40.0 Å². The lowest BCUT2D eigenvalue weighted by atomic mass is 9.83. The van der Waals surface area contributed by atoms with E-state index in [1.165, 1.54) is 22.5 Å². The quantitative estimate of drug-likeness (QED) is 0.171. The first-order chi connectivity index (χ1) is 25.1. The van der Waals surface area contributed by atoms with Crippen LogP contribution in [0.4, 0.5) is 0 Å².